The summed E-state index contributed by atoms with van der Waals surface area (Å²) in [4.78, 5) is 0. The molecule has 2 atom stereocenters. The summed E-state index contributed by atoms with van der Waals surface area (Å²) in [6.07, 6.45) is 7.94. The van der Waals surface area contributed by atoms with Crippen LogP contribution in [0.4, 0.5) is 0 Å². The van der Waals surface area contributed by atoms with Crippen molar-refractivity contribution in [1.82, 2.24) is 5.32 Å². The number of nitrogens with one attached hydrogen (secondary N) is 1. The van der Waals surface area contributed by atoms with Crippen LogP contribution < -0.4 is 5.32 Å². The van der Waals surface area contributed by atoms with Gasteiger partial charge in [0.2, 0.25) is 0 Å². The van der Waals surface area contributed by atoms with Gasteiger partial charge in [-0.1, -0.05) is 13.3 Å². The highest BCUT2D eigenvalue weighted by atomic mass is 32.2. The molecule has 2 aliphatic rings. The summed E-state index contributed by atoms with van der Waals surface area (Å²) in [5, 5.41) is 4.61. The van der Waals surface area contributed by atoms with Crippen LogP contribution in [0.3, 0.4) is 0 Å². The van der Waals surface area contributed by atoms with E-state index in [4.69, 9.17) is 0 Å². The fraction of sp³-hybridized carbons (Fsp3) is 1.00. The molecule has 14 heavy (non-hydrogen) atoms. The van der Waals surface area contributed by atoms with E-state index in [-0.39, 0.29) is 0 Å². The lowest BCUT2D eigenvalue weighted by Crippen LogP contribution is -2.47. The first-order chi connectivity index (χ1) is 6.76. The molecule has 0 aromatic heterocycles. The van der Waals surface area contributed by atoms with Crippen molar-refractivity contribution < 1.29 is 0 Å². The molecule has 2 unspecified atom stereocenters. The van der Waals surface area contributed by atoms with Gasteiger partial charge in [0.25, 0.3) is 0 Å². The van der Waals surface area contributed by atoms with Crippen LogP contribution in [0.5, 0.6) is 0 Å². The monoisotopic (exact) mass is 231 g/mol. The van der Waals surface area contributed by atoms with Crippen LogP contribution in [-0.2, 0) is 0 Å². The highest BCUT2D eigenvalue weighted by molar-refractivity contribution is 8.00. The van der Waals surface area contributed by atoms with Gasteiger partial charge in [-0.2, -0.15) is 23.5 Å². The molecule has 1 aliphatic heterocycles. The molecular weight excluding hydrogens is 210 g/mol. The summed E-state index contributed by atoms with van der Waals surface area (Å²) in [7, 11) is 0. The van der Waals surface area contributed by atoms with Crippen molar-refractivity contribution in [2.45, 2.75) is 48.6 Å². The molecule has 1 saturated carbocycles. The second-order valence-electron chi connectivity index (χ2n) is 4.59. The van der Waals surface area contributed by atoms with Crippen LogP contribution in [0.2, 0.25) is 0 Å². The van der Waals surface area contributed by atoms with Gasteiger partial charge in [-0.15, -0.1) is 0 Å². The van der Waals surface area contributed by atoms with E-state index in [1.165, 1.54) is 38.0 Å². The molecule has 2 fully saturated rings. The maximum absolute atomic E-state index is 3.78. The Morgan fingerprint density at radius 1 is 1.50 bits per heavy atom. The Balaban J connectivity index is 1.75. The second kappa shape index (κ2) is 4.67. The third-order valence-corrected chi connectivity index (χ3v) is 6.50. The van der Waals surface area contributed by atoms with E-state index in [1.807, 2.05) is 0 Å². The van der Waals surface area contributed by atoms with E-state index in [1.54, 1.807) is 0 Å². The zero-order chi connectivity index (χ0) is 10.0. The van der Waals surface area contributed by atoms with Gasteiger partial charge in [0.05, 0.1) is 0 Å². The number of hydrogen-bond acceptors (Lipinski definition) is 3. The molecule has 0 aromatic rings. The standard InChI is InChI=1S/C11H21NS2/c1-9-10(4-7-14-9)12-8-11(13-2)5-3-6-11/h9-10,12H,3-8H2,1-2H3. The normalized spacial score (nSPS) is 35.6. The average molecular weight is 231 g/mol. The molecule has 2 rings (SSSR count). The average Bonchev–Trinajstić information content (AvgIpc) is 2.51. The third-order valence-electron chi connectivity index (χ3n) is 3.76. The molecule has 1 aliphatic carbocycles. The molecule has 0 radical (unpaired) electrons. The fourth-order valence-corrected chi connectivity index (χ4v) is 4.49. The van der Waals surface area contributed by atoms with Crippen LogP contribution in [-0.4, -0.2) is 34.6 Å². The van der Waals surface area contributed by atoms with Crippen molar-refractivity contribution in [3.05, 3.63) is 0 Å². The van der Waals surface area contributed by atoms with Gasteiger partial charge in [-0.05, 0) is 31.3 Å². The number of rotatable bonds is 4. The van der Waals surface area contributed by atoms with Gasteiger partial charge in [-0.3, -0.25) is 0 Å². The fourth-order valence-electron chi connectivity index (χ4n) is 2.34. The van der Waals surface area contributed by atoms with Crippen molar-refractivity contribution in [1.29, 1.82) is 0 Å². The smallest absolute Gasteiger partial charge is 0.0281 e. The minimum absolute atomic E-state index is 0.604. The summed E-state index contributed by atoms with van der Waals surface area (Å²) in [5.41, 5.74) is 0. The van der Waals surface area contributed by atoms with Gasteiger partial charge in [0, 0.05) is 22.6 Å². The SMILES string of the molecule is CSC1(CNC2CCSC2C)CCC1. The van der Waals surface area contributed by atoms with Crippen LogP contribution in [0.1, 0.15) is 32.6 Å². The van der Waals surface area contributed by atoms with Gasteiger partial charge >= 0.3 is 0 Å². The van der Waals surface area contributed by atoms with E-state index < -0.39 is 0 Å². The predicted octanol–water partition coefficient (Wildman–Crippen LogP) is 2.76. The van der Waals surface area contributed by atoms with Crippen LogP contribution in [0.25, 0.3) is 0 Å². The van der Waals surface area contributed by atoms with Crippen molar-refractivity contribution in [2.75, 3.05) is 18.6 Å². The maximum atomic E-state index is 3.78. The molecular formula is C11H21NS2. The molecule has 0 amide bonds. The molecule has 3 heteroatoms. The van der Waals surface area contributed by atoms with E-state index in [2.05, 4.69) is 42.0 Å². The highest BCUT2D eigenvalue weighted by Gasteiger charge is 2.37. The maximum Gasteiger partial charge on any atom is 0.0281 e. The van der Waals surface area contributed by atoms with Gasteiger partial charge in [0.15, 0.2) is 0 Å². The highest BCUT2D eigenvalue weighted by Crippen LogP contribution is 2.42. The van der Waals surface area contributed by atoms with Crippen molar-refractivity contribution >= 4 is 23.5 Å². The summed E-state index contributed by atoms with van der Waals surface area (Å²) in [5.74, 6) is 1.35. The van der Waals surface area contributed by atoms with Crippen LogP contribution >= 0.6 is 23.5 Å². The quantitative estimate of drug-likeness (QED) is 0.799. The third kappa shape index (κ3) is 2.25. The largest absolute Gasteiger partial charge is 0.311 e. The lowest BCUT2D eigenvalue weighted by atomic mass is 9.84. The van der Waals surface area contributed by atoms with Crippen molar-refractivity contribution in [3.8, 4) is 0 Å². The Morgan fingerprint density at radius 3 is 2.71 bits per heavy atom. The Kier molecular flexibility index (Phi) is 3.72. The van der Waals surface area contributed by atoms with E-state index >= 15 is 0 Å². The Hall–Kier alpha value is 0.660. The molecule has 0 bridgehead atoms. The minimum atomic E-state index is 0.604. The zero-order valence-electron chi connectivity index (χ0n) is 9.21. The number of hydrogen-bond donors (Lipinski definition) is 1. The predicted molar refractivity (Wildman–Crippen MR) is 68.4 cm³/mol. The van der Waals surface area contributed by atoms with E-state index in [0.717, 1.165) is 11.3 Å². The summed E-state index contributed by atoms with van der Waals surface area (Å²) in [6.45, 7) is 3.60. The molecule has 1 heterocycles. The lowest BCUT2D eigenvalue weighted by molar-refractivity contribution is 0.329. The molecule has 1 N–H and O–H groups in total. The number of thioether (sulfide) groups is 2. The van der Waals surface area contributed by atoms with Gasteiger partial charge < -0.3 is 5.32 Å². The second-order valence-corrected chi connectivity index (χ2v) is 7.35. The molecule has 82 valence electrons. The van der Waals surface area contributed by atoms with Crippen LogP contribution in [0, 0.1) is 0 Å². The first kappa shape index (κ1) is 11.2. The lowest BCUT2D eigenvalue weighted by Gasteiger charge is -2.41. The first-order valence-electron chi connectivity index (χ1n) is 5.66. The Labute approximate surface area is 96.2 Å². The van der Waals surface area contributed by atoms with Gasteiger partial charge in [0.1, 0.15) is 0 Å². The molecule has 1 nitrogen and oxygen atoms in total. The molecule has 1 saturated heterocycles. The molecule has 0 spiro atoms. The van der Waals surface area contributed by atoms with E-state index in [9.17, 15) is 0 Å². The molecule has 0 aromatic carbocycles. The summed E-state index contributed by atoms with van der Waals surface area (Å²) in [6, 6.07) is 0.782. The van der Waals surface area contributed by atoms with Gasteiger partial charge in [-0.25, -0.2) is 0 Å². The summed E-state index contributed by atoms with van der Waals surface area (Å²) < 4.78 is 0.604. The van der Waals surface area contributed by atoms with Crippen molar-refractivity contribution in [3.63, 3.8) is 0 Å². The Morgan fingerprint density at radius 2 is 2.29 bits per heavy atom. The first-order valence-corrected chi connectivity index (χ1v) is 7.93. The Bertz CT molecular complexity index is 186. The summed E-state index contributed by atoms with van der Waals surface area (Å²) >= 11 is 4.19. The minimum Gasteiger partial charge on any atom is -0.311 e. The van der Waals surface area contributed by atoms with Crippen molar-refractivity contribution in [2.24, 2.45) is 0 Å². The van der Waals surface area contributed by atoms with E-state index in [0.29, 0.717) is 4.75 Å². The topological polar surface area (TPSA) is 12.0 Å². The zero-order valence-corrected chi connectivity index (χ0v) is 10.8. The van der Waals surface area contributed by atoms with Crippen LogP contribution in [0.15, 0.2) is 0 Å².